The SMILES string of the molecule is Cc1ccnc(C(C)C)c1-n1c(=O)nc2c3c(c(F)c(-c4c(O)cccc4F)c(F)c31)OC[C@H]1CNCCN21. The largest absolute Gasteiger partial charge is 0.507 e. The van der Waals surface area contributed by atoms with Gasteiger partial charge in [0.2, 0.25) is 0 Å². The molecule has 4 aromatic rings. The third-order valence-electron chi connectivity index (χ3n) is 7.36. The van der Waals surface area contributed by atoms with Gasteiger partial charge in [0.25, 0.3) is 0 Å². The summed E-state index contributed by atoms with van der Waals surface area (Å²) in [6.07, 6.45) is 1.59. The highest BCUT2D eigenvalue weighted by Crippen LogP contribution is 2.47. The van der Waals surface area contributed by atoms with Gasteiger partial charge in [-0.05, 0) is 36.6 Å². The highest BCUT2D eigenvalue weighted by Gasteiger charge is 2.37. The first-order valence-corrected chi connectivity index (χ1v) is 12.7. The number of ether oxygens (including phenoxy) is 1. The summed E-state index contributed by atoms with van der Waals surface area (Å²) in [5.74, 6) is -4.52. The van der Waals surface area contributed by atoms with Gasteiger partial charge < -0.3 is 20.1 Å². The van der Waals surface area contributed by atoms with Crippen molar-refractivity contribution < 1.29 is 23.0 Å². The average molecular weight is 538 g/mol. The molecule has 4 heterocycles. The van der Waals surface area contributed by atoms with Crippen LogP contribution in [0, 0.1) is 24.4 Å². The number of hydrogen-bond acceptors (Lipinski definition) is 7. The molecule has 2 aromatic carbocycles. The number of nitrogens with zero attached hydrogens (tertiary/aromatic N) is 4. The third-order valence-corrected chi connectivity index (χ3v) is 7.36. The van der Waals surface area contributed by atoms with Gasteiger partial charge in [-0.3, -0.25) is 9.55 Å². The molecule has 0 unspecified atom stereocenters. The van der Waals surface area contributed by atoms with Gasteiger partial charge in [-0.25, -0.2) is 18.0 Å². The number of phenolic OH excluding ortho intramolecular Hbond substituents is 1. The molecular weight excluding hydrogens is 511 g/mol. The fourth-order valence-electron chi connectivity index (χ4n) is 5.55. The minimum Gasteiger partial charge on any atom is -0.507 e. The Kier molecular flexibility index (Phi) is 5.98. The van der Waals surface area contributed by atoms with Crippen LogP contribution in [0.5, 0.6) is 11.5 Å². The van der Waals surface area contributed by atoms with Crippen LogP contribution in [0.4, 0.5) is 19.0 Å². The van der Waals surface area contributed by atoms with Crippen molar-refractivity contribution >= 4 is 16.7 Å². The lowest BCUT2D eigenvalue weighted by Crippen LogP contribution is -2.54. The van der Waals surface area contributed by atoms with Crippen LogP contribution < -0.4 is 20.6 Å². The zero-order valence-electron chi connectivity index (χ0n) is 21.6. The number of pyridine rings is 1. The molecule has 1 saturated heterocycles. The average Bonchev–Trinajstić information content (AvgIpc) is 3.06. The molecule has 39 heavy (non-hydrogen) atoms. The summed E-state index contributed by atoms with van der Waals surface area (Å²) in [5.41, 5.74) is -1.19. The van der Waals surface area contributed by atoms with Gasteiger partial charge in [0.1, 0.15) is 29.5 Å². The van der Waals surface area contributed by atoms with Crippen LogP contribution in [0.15, 0.2) is 35.3 Å². The predicted octanol–water partition coefficient (Wildman–Crippen LogP) is 4.17. The van der Waals surface area contributed by atoms with Crippen LogP contribution in [-0.4, -0.2) is 51.9 Å². The Labute approximate surface area is 221 Å². The van der Waals surface area contributed by atoms with E-state index in [4.69, 9.17) is 4.74 Å². The van der Waals surface area contributed by atoms with Crippen molar-refractivity contribution in [2.75, 3.05) is 31.1 Å². The molecule has 0 spiro atoms. The maximum Gasteiger partial charge on any atom is 0.354 e. The Morgan fingerprint density at radius 1 is 1.15 bits per heavy atom. The molecular formula is C28H26F3N5O3. The van der Waals surface area contributed by atoms with E-state index < -0.39 is 40.0 Å². The smallest absolute Gasteiger partial charge is 0.354 e. The van der Waals surface area contributed by atoms with E-state index in [0.29, 0.717) is 36.6 Å². The summed E-state index contributed by atoms with van der Waals surface area (Å²) >= 11 is 0. The number of benzene rings is 2. The number of piperazine rings is 1. The fraction of sp³-hybridized carbons (Fsp3) is 0.321. The lowest BCUT2D eigenvalue weighted by Gasteiger charge is -2.35. The molecule has 2 N–H and O–H groups in total. The highest BCUT2D eigenvalue weighted by atomic mass is 19.1. The highest BCUT2D eigenvalue weighted by molar-refractivity contribution is 6.01. The number of anilines is 1. The second kappa shape index (κ2) is 9.26. The van der Waals surface area contributed by atoms with Crippen molar-refractivity contribution in [1.29, 1.82) is 0 Å². The zero-order chi connectivity index (χ0) is 27.6. The summed E-state index contributed by atoms with van der Waals surface area (Å²) in [6.45, 7) is 7.01. The first-order valence-electron chi connectivity index (χ1n) is 12.7. The molecule has 202 valence electrons. The number of aromatic hydroxyl groups is 1. The van der Waals surface area contributed by atoms with E-state index in [-0.39, 0.29) is 41.0 Å². The van der Waals surface area contributed by atoms with E-state index in [1.165, 1.54) is 6.07 Å². The Morgan fingerprint density at radius 2 is 1.95 bits per heavy atom. The van der Waals surface area contributed by atoms with Crippen molar-refractivity contribution in [2.24, 2.45) is 0 Å². The Balaban J connectivity index is 1.85. The lowest BCUT2D eigenvalue weighted by atomic mass is 9.98. The van der Waals surface area contributed by atoms with Crippen molar-refractivity contribution in [1.82, 2.24) is 19.9 Å². The van der Waals surface area contributed by atoms with Crippen LogP contribution in [0.1, 0.15) is 31.0 Å². The topological polar surface area (TPSA) is 92.5 Å². The summed E-state index contributed by atoms with van der Waals surface area (Å²) in [6, 6.07) is 4.74. The molecule has 0 radical (unpaired) electrons. The summed E-state index contributed by atoms with van der Waals surface area (Å²) < 4.78 is 55.2. The molecule has 6 rings (SSSR count). The number of rotatable bonds is 3. The number of aryl methyl sites for hydroxylation is 1. The first-order chi connectivity index (χ1) is 18.7. The maximum atomic E-state index is 16.8. The van der Waals surface area contributed by atoms with E-state index in [9.17, 15) is 9.90 Å². The Hall–Kier alpha value is -4.12. The molecule has 2 aromatic heterocycles. The van der Waals surface area contributed by atoms with E-state index in [1.807, 2.05) is 18.7 Å². The van der Waals surface area contributed by atoms with Crippen molar-refractivity contribution in [2.45, 2.75) is 32.7 Å². The number of phenols is 1. The van der Waals surface area contributed by atoms with Crippen LogP contribution >= 0.6 is 0 Å². The van der Waals surface area contributed by atoms with E-state index in [1.54, 1.807) is 19.2 Å². The van der Waals surface area contributed by atoms with Gasteiger partial charge in [-0.1, -0.05) is 19.9 Å². The Bertz CT molecular complexity index is 1680. The van der Waals surface area contributed by atoms with Gasteiger partial charge in [0.05, 0.1) is 33.9 Å². The standard InChI is InChI=1S/C28H26F3N5O3/c1-13(2)23-24(14(3)7-8-33-23)36-25-20-26(22(31)19(21(25)30)18-16(29)5-4-6-17(18)37)39-12-15-11-32-9-10-35(15)27(20)34-28(36)38/h4-8,13,15,32,37H,9-12H2,1-3H3/t15-/m1/s1. The predicted molar refractivity (Wildman–Crippen MR) is 140 cm³/mol. The molecule has 2 aliphatic heterocycles. The second-order valence-electron chi connectivity index (χ2n) is 10.1. The molecule has 0 bridgehead atoms. The molecule has 0 aliphatic carbocycles. The molecule has 1 atom stereocenters. The number of nitrogens with one attached hydrogen (secondary N) is 1. The second-order valence-corrected chi connectivity index (χ2v) is 10.1. The van der Waals surface area contributed by atoms with Gasteiger partial charge >= 0.3 is 5.69 Å². The van der Waals surface area contributed by atoms with E-state index in [2.05, 4.69) is 15.3 Å². The molecule has 11 heteroatoms. The van der Waals surface area contributed by atoms with E-state index in [0.717, 1.165) is 16.7 Å². The fourth-order valence-corrected chi connectivity index (χ4v) is 5.55. The zero-order valence-corrected chi connectivity index (χ0v) is 21.6. The molecule has 2 aliphatic rings. The summed E-state index contributed by atoms with van der Waals surface area (Å²) in [7, 11) is 0. The molecule has 1 fully saturated rings. The minimum absolute atomic E-state index is 0.0149. The first kappa shape index (κ1) is 25.2. The van der Waals surface area contributed by atoms with Gasteiger partial charge in [0, 0.05) is 25.8 Å². The van der Waals surface area contributed by atoms with Crippen LogP contribution in [-0.2, 0) is 0 Å². The third kappa shape index (κ3) is 3.75. The normalized spacial score (nSPS) is 16.8. The van der Waals surface area contributed by atoms with Crippen molar-refractivity contribution in [3.8, 4) is 28.3 Å². The lowest BCUT2D eigenvalue weighted by molar-refractivity contribution is 0.264. The molecule has 0 saturated carbocycles. The maximum absolute atomic E-state index is 16.8. The van der Waals surface area contributed by atoms with Gasteiger partial charge in [-0.15, -0.1) is 0 Å². The minimum atomic E-state index is -1.22. The molecule has 0 amide bonds. The monoisotopic (exact) mass is 537 g/mol. The summed E-state index contributed by atoms with van der Waals surface area (Å²) in [5, 5.41) is 13.7. The quantitative estimate of drug-likeness (QED) is 0.405. The number of halogens is 3. The van der Waals surface area contributed by atoms with Crippen LogP contribution in [0.25, 0.3) is 27.7 Å². The van der Waals surface area contributed by atoms with Crippen molar-refractivity contribution in [3.63, 3.8) is 0 Å². The van der Waals surface area contributed by atoms with Crippen LogP contribution in [0.2, 0.25) is 0 Å². The molecule has 8 nitrogen and oxygen atoms in total. The van der Waals surface area contributed by atoms with Gasteiger partial charge in [0.15, 0.2) is 17.4 Å². The van der Waals surface area contributed by atoms with Crippen LogP contribution in [0.3, 0.4) is 0 Å². The Morgan fingerprint density at radius 3 is 2.69 bits per heavy atom. The number of fused-ring (bicyclic) bond motifs is 2. The van der Waals surface area contributed by atoms with E-state index >= 15 is 13.2 Å². The number of hydrogen-bond donors (Lipinski definition) is 2. The van der Waals surface area contributed by atoms with Crippen molar-refractivity contribution in [3.05, 3.63) is 69.7 Å². The number of aromatic nitrogens is 3. The summed E-state index contributed by atoms with van der Waals surface area (Å²) in [4.78, 5) is 24.5. The van der Waals surface area contributed by atoms with Gasteiger partial charge in [-0.2, -0.15) is 4.98 Å².